The number of aromatic nitrogens is 2. The third-order valence-electron chi connectivity index (χ3n) is 7.40. The van der Waals surface area contributed by atoms with Gasteiger partial charge in [0.15, 0.2) is 0 Å². The van der Waals surface area contributed by atoms with E-state index in [9.17, 15) is 14.4 Å². The average molecular weight is 615 g/mol. The van der Waals surface area contributed by atoms with Crippen LogP contribution in [0.25, 0.3) is 0 Å². The summed E-state index contributed by atoms with van der Waals surface area (Å²) in [5.41, 5.74) is 3.21. The highest BCUT2D eigenvalue weighted by Crippen LogP contribution is 2.22. The molecule has 0 radical (unpaired) electrons. The summed E-state index contributed by atoms with van der Waals surface area (Å²) >= 11 is 6.10. The number of H-pyrrole nitrogens is 1. The normalized spacial score (nSPS) is 11.8. The second-order valence-electron chi connectivity index (χ2n) is 11.5. The molecule has 4 aromatic rings. The van der Waals surface area contributed by atoms with Crippen LogP contribution < -0.4 is 10.6 Å². The summed E-state index contributed by atoms with van der Waals surface area (Å²) in [5.74, 6) is -0.697. The van der Waals surface area contributed by atoms with E-state index in [1.165, 1.54) is 16.1 Å². The number of nitrogens with one attached hydrogen (secondary N) is 3. The van der Waals surface area contributed by atoms with Crippen LogP contribution in [0.3, 0.4) is 0 Å². The molecule has 0 aliphatic heterocycles. The lowest BCUT2D eigenvalue weighted by molar-refractivity contribution is -0.138. The first-order chi connectivity index (χ1) is 21.1. The van der Waals surface area contributed by atoms with Crippen LogP contribution in [-0.4, -0.2) is 63.8 Å². The maximum absolute atomic E-state index is 14.2. The Morgan fingerprint density at radius 3 is 2.18 bits per heavy atom. The van der Waals surface area contributed by atoms with Crippen molar-refractivity contribution in [3.8, 4) is 0 Å². The molecule has 0 fully saturated rings. The van der Waals surface area contributed by atoms with E-state index in [0.717, 1.165) is 16.7 Å². The van der Waals surface area contributed by atoms with Gasteiger partial charge in [-0.25, -0.2) is 9.78 Å². The van der Waals surface area contributed by atoms with E-state index in [4.69, 9.17) is 11.6 Å². The Hall–Kier alpha value is -4.63. The molecule has 44 heavy (non-hydrogen) atoms. The molecule has 0 saturated carbocycles. The van der Waals surface area contributed by atoms with Gasteiger partial charge in [-0.15, -0.1) is 0 Å². The first kappa shape index (κ1) is 32.3. The van der Waals surface area contributed by atoms with Gasteiger partial charge in [0.25, 0.3) is 0 Å². The van der Waals surface area contributed by atoms with Crippen molar-refractivity contribution >= 4 is 29.4 Å². The van der Waals surface area contributed by atoms with Crippen molar-refractivity contribution in [1.29, 1.82) is 0 Å². The molecule has 1 atom stereocenters. The number of imidazole rings is 1. The van der Waals surface area contributed by atoms with E-state index in [1.807, 2.05) is 72.8 Å². The highest BCUT2D eigenvalue weighted by molar-refractivity contribution is 6.30. The monoisotopic (exact) mass is 614 g/mol. The van der Waals surface area contributed by atoms with Crippen molar-refractivity contribution < 1.29 is 14.4 Å². The standard InChI is InChI=1S/C34H39ClN6O3/c1-34(2,27-12-8-5-9-13-27)23-37-31(42)22-41(21-26-14-16-28(35)17-15-26)32(43)30(18-29-19-36-24-38-29)39-33(44)40(3)20-25-10-6-4-7-11-25/h4-17,19,24,30H,18,20-23H2,1-3H3,(H,36,38)(H,37,42)(H,39,44). The van der Waals surface area contributed by atoms with E-state index in [0.29, 0.717) is 23.8 Å². The molecule has 1 heterocycles. The molecule has 0 aliphatic carbocycles. The molecule has 0 aliphatic rings. The summed E-state index contributed by atoms with van der Waals surface area (Å²) in [5, 5.41) is 6.47. The highest BCUT2D eigenvalue weighted by atomic mass is 35.5. The van der Waals surface area contributed by atoms with Crippen LogP contribution >= 0.6 is 11.6 Å². The largest absolute Gasteiger partial charge is 0.354 e. The lowest BCUT2D eigenvalue weighted by Gasteiger charge is -2.30. The lowest BCUT2D eigenvalue weighted by Crippen LogP contribution is -2.54. The van der Waals surface area contributed by atoms with Crippen molar-refractivity contribution in [2.75, 3.05) is 20.1 Å². The quantitative estimate of drug-likeness (QED) is 0.198. The number of urea groups is 1. The van der Waals surface area contributed by atoms with Gasteiger partial charge in [-0.05, 0) is 28.8 Å². The molecule has 9 nitrogen and oxygen atoms in total. The summed E-state index contributed by atoms with van der Waals surface area (Å²) in [7, 11) is 1.67. The zero-order valence-corrected chi connectivity index (χ0v) is 26.1. The Kier molecular flexibility index (Phi) is 11.2. The van der Waals surface area contributed by atoms with Crippen molar-refractivity contribution in [3.63, 3.8) is 0 Å². The molecule has 3 aromatic carbocycles. The van der Waals surface area contributed by atoms with Gasteiger partial charge in [-0.2, -0.15) is 0 Å². The van der Waals surface area contributed by atoms with Crippen molar-refractivity contribution in [3.05, 3.63) is 125 Å². The summed E-state index contributed by atoms with van der Waals surface area (Å²) in [6, 6.07) is 25.3. The number of nitrogens with zero attached hydrogens (tertiary/aromatic N) is 3. The van der Waals surface area contributed by atoms with Crippen LogP contribution in [0.1, 0.15) is 36.2 Å². The fourth-order valence-electron chi connectivity index (χ4n) is 4.79. The predicted molar refractivity (Wildman–Crippen MR) is 172 cm³/mol. The smallest absolute Gasteiger partial charge is 0.318 e. The zero-order valence-electron chi connectivity index (χ0n) is 25.3. The predicted octanol–water partition coefficient (Wildman–Crippen LogP) is 4.94. The maximum Gasteiger partial charge on any atom is 0.318 e. The molecule has 1 unspecified atom stereocenters. The fourth-order valence-corrected chi connectivity index (χ4v) is 4.91. The minimum atomic E-state index is -0.956. The molecule has 10 heteroatoms. The number of aromatic amines is 1. The minimum Gasteiger partial charge on any atom is -0.354 e. The van der Waals surface area contributed by atoms with Crippen molar-refractivity contribution in [2.24, 2.45) is 0 Å². The zero-order chi connectivity index (χ0) is 31.5. The van der Waals surface area contributed by atoms with Crippen molar-refractivity contribution in [2.45, 2.75) is 44.8 Å². The van der Waals surface area contributed by atoms with Gasteiger partial charge in [-0.1, -0.05) is 98.2 Å². The first-order valence-corrected chi connectivity index (χ1v) is 14.9. The second-order valence-corrected chi connectivity index (χ2v) is 11.9. The SMILES string of the molecule is CN(Cc1ccccc1)C(=O)NC(Cc1cnc[nH]1)C(=O)N(CC(=O)NCC(C)(C)c1ccccc1)Cc1ccc(Cl)cc1. The van der Waals surface area contributed by atoms with Gasteiger partial charge >= 0.3 is 6.03 Å². The molecule has 0 bridgehead atoms. The van der Waals surface area contributed by atoms with E-state index >= 15 is 0 Å². The highest BCUT2D eigenvalue weighted by Gasteiger charge is 2.30. The number of rotatable bonds is 13. The third kappa shape index (κ3) is 9.44. The van der Waals surface area contributed by atoms with Crippen LogP contribution in [0.2, 0.25) is 5.02 Å². The van der Waals surface area contributed by atoms with Gasteiger partial charge in [0.05, 0.1) is 12.9 Å². The summed E-state index contributed by atoms with van der Waals surface area (Å²) in [6.45, 7) is 4.83. The third-order valence-corrected chi connectivity index (χ3v) is 7.65. The molecule has 0 saturated heterocycles. The minimum absolute atomic E-state index is 0.153. The Bertz CT molecular complexity index is 1500. The number of carbonyl (C=O) groups excluding carboxylic acids is 3. The molecular weight excluding hydrogens is 576 g/mol. The Morgan fingerprint density at radius 1 is 0.909 bits per heavy atom. The van der Waals surface area contributed by atoms with Gasteiger partial charge < -0.3 is 25.4 Å². The Morgan fingerprint density at radius 2 is 1.55 bits per heavy atom. The van der Waals surface area contributed by atoms with E-state index in [-0.39, 0.29) is 30.8 Å². The Balaban J connectivity index is 1.52. The van der Waals surface area contributed by atoms with Crippen molar-refractivity contribution in [1.82, 2.24) is 30.4 Å². The number of benzene rings is 3. The molecule has 1 aromatic heterocycles. The number of carbonyl (C=O) groups is 3. The van der Waals surface area contributed by atoms with Gasteiger partial charge in [0.2, 0.25) is 11.8 Å². The first-order valence-electron chi connectivity index (χ1n) is 14.5. The van der Waals surface area contributed by atoms with Gasteiger partial charge in [0.1, 0.15) is 6.04 Å². The van der Waals surface area contributed by atoms with E-state index < -0.39 is 18.0 Å². The molecular formula is C34H39ClN6O3. The van der Waals surface area contributed by atoms with Gasteiger partial charge in [0, 0.05) is 55.4 Å². The van der Waals surface area contributed by atoms with Crippen LogP contribution in [0.4, 0.5) is 4.79 Å². The van der Waals surface area contributed by atoms with E-state index in [1.54, 1.807) is 25.4 Å². The second kappa shape index (κ2) is 15.2. The number of hydrogen-bond acceptors (Lipinski definition) is 4. The lowest BCUT2D eigenvalue weighted by atomic mass is 9.84. The number of hydrogen-bond donors (Lipinski definition) is 3. The number of amides is 4. The summed E-state index contributed by atoms with van der Waals surface area (Å²) < 4.78 is 0. The molecule has 230 valence electrons. The average Bonchev–Trinajstić information content (AvgIpc) is 3.54. The number of halogens is 1. The summed E-state index contributed by atoms with van der Waals surface area (Å²) in [6.07, 6.45) is 3.30. The maximum atomic E-state index is 14.2. The van der Waals surface area contributed by atoms with Crippen LogP contribution in [0, 0.1) is 0 Å². The van der Waals surface area contributed by atoms with Gasteiger partial charge in [-0.3, -0.25) is 9.59 Å². The molecule has 4 amide bonds. The molecule has 0 spiro atoms. The molecule has 3 N–H and O–H groups in total. The van der Waals surface area contributed by atoms with Crippen LogP contribution in [0.5, 0.6) is 0 Å². The molecule has 4 rings (SSSR count). The Labute approximate surface area is 263 Å². The van der Waals surface area contributed by atoms with Crippen LogP contribution in [-0.2, 0) is 34.5 Å². The summed E-state index contributed by atoms with van der Waals surface area (Å²) in [4.78, 5) is 50.8. The topological polar surface area (TPSA) is 110 Å². The van der Waals surface area contributed by atoms with Crippen LogP contribution in [0.15, 0.2) is 97.5 Å². The van der Waals surface area contributed by atoms with E-state index in [2.05, 4.69) is 34.4 Å². The fraction of sp³-hybridized carbons (Fsp3) is 0.294.